The van der Waals surface area contributed by atoms with Gasteiger partial charge in [-0.05, 0) is 43.1 Å². The van der Waals surface area contributed by atoms with Gasteiger partial charge in [0, 0.05) is 12.1 Å². The fourth-order valence-electron chi connectivity index (χ4n) is 2.63. The molecule has 0 aliphatic rings. The van der Waals surface area contributed by atoms with Crippen molar-refractivity contribution in [3.63, 3.8) is 0 Å². The van der Waals surface area contributed by atoms with Gasteiger partial charge in [0.25, 0.3) is 5.56 Å². The molecular formula is C18H27N4OS+. The van der Waals surface area contributed by atoms with Crippen LogP contribution in [0.3, 0.4) is 0 Å². The van der Waals surface area contributed by atoms with Crippen LogP contribution in [0, 0.1) is 6.92 Å². The second-order valence-electron chi connectivity index (χ2n) is 6.38. The number of nitrogens with zero attached hydrogens (tertiary/aromatic N) is 1. The quantitative estimate of drug-likeness (QED) is 0.673. The Labute approximate surface area is 148 Å². The molecule has 0 spiro atoms. The van der Waals surface area contributed by atoms with E-state index in [1.54, 1.807) is 0 Å². The van der Waals surface area contributed by atoms with Gasteiger partial charge in [0.05, 0.1) is 39.2 Å². The molecule has 0 radical (unpaired) electrons. The maximum absolute atomic E-state index is 12.5. The number of rotatable bonds is 6. The van der Waals surface area contributed by atoms with Crippen molar-refractivity contribution in [3.05, 3.63) is 45.7 Å². The topological polar surface area (TPSA) is 52.6 Å². The minimum atomic E-state index is -0.0432. The summed E-state index contributed by atoms with van der Waals surface area (Å²) < 4.78 is 0. The zero-order chi connectivity index (χ0) is 17.7. The first-order valence-corrected chi connectivity index (χ1v) is 8.76. The van der Waals surface area contributed by atoms with E-state index in [0.717, 1.165) is 41.7 Å². The van der Waals surface area contributed by atoms with Crippen LogP contribution < -0.4 is 15.8 Å². The number of nitrogens with one attached hydrogen (secondary N) is 3. The normalized spacial score (nSPS) is 11.0. The fraction of sp³-hybridized carbons (Fsp3) is 0.444. The van der Waals surface area contributed by atoms with Crippen LogP contribution >= 0.6 is 12.2 Å². The lowest BCUT2D eigenvalue weighted by atomic mass is 10.1. The molecule has 0 saturated carbocycles. The molecule has 0 aliphatic heterocycles. The molecule has 130 valence electrons. The number of likely N-dealkylation sites (N-methyl/N-ethyl adjacent to an activating group) is 1. The van der Waals surface area contributed by atoms with E-state index in [0.29, 0.717) is 11.7 Å². The first-order chi connectivity index (χ1) is 11.4. The van der Waals surface area contributed by atoms with E-state index in [1.165, 1.54) is 4.90 Å². The minimum absolute atomic E-state index is 0.0432. The van der Waals surface area contributed by atoms with Crippen LogP contribution in [0.4, 0.5) is 0 Å². The predicted octanol–water partition coefficient (Wildman–Crippen LogP) is 0.677. The summed E-state index contributed by atoms with van der Waals surface area (Å²) in [5.41, 5.74) is 2.68. The van der Waals surface area contributed by atoms with E-state index in [9.17, 15) is 4.79 Å². The van der Waals surface area contributed by atoms with Gasteiger partial charge in [0.15, 0.2) is 5.11 Å². The fourth-order valence-corrected chi connectivity index (χ4v) is 2.93. The van der Waals surface area contributed by atoms with Gasteiger partial charge < -0.3 is 20.1 Å². The van der Waals surface area contributed by atoms with Gasteiger partial charge in [-0.25, -0.2) is 0 Å². The van der Waals surface area contributed by atoms with Gasteiger partial charge in [-0.1, -0.05) is 18.2 Å². The average Bonchev–Trinajstić information content (AvgIpc) is 2.52. The van der Waals surface area contributed by atoms with Crippen molar-refractivity contribution >= 4 is 28.2 Å². The highest BCUT2D eigenvalue weighted by Gasteiger charge is 2.14. The number of H-pyrrole nitrogens is 1. The van der Waals surface area contributed by atoms with Crippen LogP contribution in [-0.4, -0.2) is 48.7 Å². The van der Waals surface area contributed by atoms with Crippen molar-refractivity contribution in [3.8, 4) is 0 Å². The number of fused-ring (bicyclic) bond motifs is 1. The number of aryl methyl sites for hydroxylation is 1. The number of quaternary nitrogens is 1. The van der Waals surface area contributed by atoms with Crippen molar-refractivity contribution in [1.29, 1.82) is 0 Å². The van der Waals surface area contributed by atoms with Crippen molar-refractivity contribution in [2.75, 3.05) is 33.7 Å². The number of aromatic nitrogens is 1. The van der Waals surface area contributed by atoms with Crippen molar-refractivity contribution in [2.24, 2.45) is 0 Å². The van der Waals surface area contributed by atoms with Crippen LogP contribution in [0.5, 0.6) is 0 Å². The number of pyridine rings is 1. The van der Waals surface area contributed by atoms with E-state index in [2.05, 4.69) is 29.3 Å². The molecule has 0 aliphatic carbocycles. The molecule has 2 rings (SSSR count). The Bertz CT molecular complexity index is 769. The Morgan fingerprint density at radius 2 is 2.12 bits per heavy atom. The van der Waals surface area contributed by atoms with E-state index in [4.69, 9.17) is 12.2 Å². The monoisotopic (exact) mass is 347 g/mol. The Balaban J connectivity index is 2.30. The van der Waals surface area contributed by atoms with E-state index in [-0.39, 0.29) is 5.56 Å². The zero-order valence-corrected chi connectivity index (χ0v) is 15.7. The second-order valence-corrected chi connectivity index (χ2v) is 6.76. The lowest BCUT2D eigenvalue weighted by molar-refractivity contribution is -0.857. The molecular weight excluding hydrogens is 320 g/mol. The van der Waals surface area contributed by atoms with Gasteiger partial charge in [0.1, 0.15) is 0 Å². The number of para-hydroxylation sites is 1. The summed E-state index contributed by atoms with van der Waals surface area (Å²) in [5, 5.41) is 4.94. The highest BCUT2D eigenvalue weighted by Crippen LogP contribution is 2.15. The summed E-state index contributed by atoms with van der Waals surface area (Å²) in [6, 6.07) is 8.02. The molecule has 0 atom stereocenters. The van der Waals surface area contributed by atoms with Crippen LogP contribution in [0.25, 0.3) is 10.9 Å². The smallest absolute Gasteiger partial charge is 0.253 e. The van der Waals surface area contributed by atoms with Gasteiger partial charge in [-0.3, -0.25) is 4.79 Å². The Hall–Kier alpha value is -1.92. The summed E-state index contributed by atoms with van der Waals surface area (Å²) >= 11 is 5.48. The number of benzene rings is 1. The molecule has 3 N–H and O–H groups in total. The largest absolute Gasteiger partial charge is 0.363 e. The molecule has 0 amide bonds. The van der Waals surface area contributed by atoms with Crippen molar-refractivity contribution < 1.29 is 4.90 Å². The van der Waals surface area contributed by atoms with Crippen LogP contribution in [0.2, 0.25) is 0 Å². The first kappa shape index (κ1) is 18.4. The molecule has 1 aromatic carbocycles. The minimum Gasteiger partial charge on any atom is -0.363 e. The second kappa shape index (κ2) is 8.26. The molecule has 6 heteroatoms. The Morgan fingerprint density at radius 1 is 1.38 bits per heavy atom. The third-order valence-corrected chi connectivity index (χ3v) is 4.43. The predicted molar refractivity (Wildman–Crippen MR) is 104 cm³/mol. The molecule has 0 bridgehead atoms. The zero-order valence-electron chi connectivity index (χ0n) is 14.9. The number of hydrogen-bond donors (Lipinski definition) is 3. The number of aromatic amines is 1. The molecule has 0 fully saturated rings. The summed E-state index contributed by atoms with van der Waals surface area (Å²) in [6.07, 6.45) is 0. The molecule has 2 aromatic rings. The van der Waals surface area contributed by atoms with Gasteiger partial charge in [-0.15, -0.1) is 0 Å². The summed E-state index contributed by atoms with van der Waals surface area (Å²) in [6.45, 7) is 7.07. The van der Waals surface area contributed by atoms with Crippen LogP contribution in [0.1, 0.15) is 18.1 Å². The summed E-state index contributed by atoms with van der Waals surface area (Å²) in [5.74, 6) is 0. The lowest BCUT2D eigenvalue weighted by Gasteiger charge is -2.26. The maximum Gasteiger partial charge on any atom is 0.253 e. The van der Waals surface area contributed by atoms with E-state index < -0.39 is 0 Å². The highest BCUT2D eigenvalue weighted by molar-refractivity contribution is 7.80. The SMILES string of the molecule is CCNC(=S)N(CC[NH+](C)C)Cc1cc2cccc(C)c2[nH]c1=O. The summed E-state index contributed by atoms with van der Waals surface area (Å²) in [7, 11) is 4.22. The molecule has 24 heavy (non-hydrogen) atoms. The third-order valence-electron chi connectivity index (χ3n) is 4.02. The average molecular weight is 348 g/mol. The van der Waals surface area contributed by atoms with Gasteiger partial charge in [0.2, 0.25) is 0 Å². The molecule has 5 nitrogen and oxygen atoms in total. The molecule has 1 heterocycles. The Morgan fingerprint density at radius 3 is 2.79 bits per heavy atom. The van der Waals surface area contributed by atoms with Crippen LogP contribution in [0.15, 0.2) is 29.1 Å². The van der Waals surface area contributed by atoms with Crippen LogP contribution in [-0.2, 0) is 6.54 Å². The lowest BCUT2D eigenvalue weighted by Crippen LogP contribution is -3.06. The third kappa shape index (κ3) is 4.55. The van der Waals surface area contributed by atoms with Gasteiger partial charge >= 0.3 is 0 Å². The number of thiocarbonyl (C=S) groups is 1. The molecule has 1 aromatic heterocycles. The van der Waals surface area contributed by atoms with Gasteiger partial charge in [-0.2, -0.15) is 0 Å². The van der Waals surface area contributed by atoms with E-state index in [1.807, 2.05) is 38.1 Å². The highest BCUT2D eigenvalue weighted by atomic mass is 32.1. The Kier molecular flexibility index (Phi) is 6.34. The first-order valence-electron chi connectivity index (χ1n) is 8.35. The molecule has 0 unspecified atom stereocenters. The number of hydrogen-bond acceptors (Lipinski definition) is 2. The summed E-state index contributed by atoms with van der Waals surface area (Å²) in [4.78, 5) is 18.9. The van der Waals surface area contributed by atoms with E-state index >= 15 is 0 Å². The van der Waals surface area contributed by atoms with Crippen molar-refractivity contribution in [2.45, 2.75) is 20.4 Å². The standard InChI is InChI=1S/C18H26N4OS/c1-5-19-18(24)22(10-9-21(3)4)12-15-11-14-8-6-7-13(2)16(14)20-17(15)23/h6-8,11H,5,9-10,12H2,1-4H3,(H,19,24)(H,20,23)/p+1. The van der Waals surface area contributed by atoms with Crippen molar-refractivity contribution in [1.82, 2.24) is 15.2 Å². The maximum atomic E-state index is 12.5. The molecule has 0 saturated heterocycles.